The maximum atomic E-state index is 12.3. The maximum Gasteiger partial charge on any atom is 0.338 e. The quantitative estimate of drug-likeness (QED) is 0.575. The number of hydrogen-bond acceptors (Lipinski definition) is 5. The fourth-order valence-electron chi connectivity index (χ4n) is 2.66. The van der Waals surface area contributed by atoms with E-state index in [2.05, 4.69) is 11.4 Å². The van der Waals surface area contributed by atoms with Gasteiger partial charge >= 0.3 is 5.97 Å². The van der Waals surface area contributed by atoms with E-state index in [0.717, 1.165) is 11.1 Å². The van der Waals surface area contributed by atoms with Gasteiger partial charge in [0, 0.05) is 5.69 Å². The van der Waals surface area contributed by atoms with Crippen molar-refractivity contribution in [2.45, 2.75) is 13.0 Å². The van der Waals surface area contributed by atoms with Crippen LogP contribution >= 0.6 is 0 Å². The molecule has 30 heavy (non-hydrogen) atoms. The topological polar surface area (TPSA) is 88.4 Å². The van der Waals surface area contributed by atoms with Gasteiger partial charge in [0.15, 0.2) is 6.61 Å². The third kappa shape index (κ3) is 6.21. The second-order valence-corrected chi connectivity index (χ2v) is 6.46. The molecule has 6 heteroatoms. The highest BCUT2D eigenvalue weighted by atomic mass is 16.5. The molecule has 3 rings (SSSR count). The monoisotopic (exact) mass is 400 g/mol. The number of ether oxygens (including phenoxy) is 2. The Morgan fingerprint density at radius 2 is 1.67 bits per heavy atom. The van der Waals surface area contributed by atoms with E-state index in [-0.39, 0.29) is 0 Å². The summed E-state index contributed by atoms with van der Waals surface area (Å²) in [5.74, 6) is -0.525. The minimum absolute atomic E-state index is 0.300. The van der Waals surface area contributed by atoms with Crippen LogP contribution < -0.4 is 10.1 Å². The van der Waals surface area contributed by atoms with Gasteiger partial charge in [-0.15, -0.1) is 0 Å². The molecule has 0 aliphatic heterocycles. The number of nitrogens with one attached hydrogen (secondary N) is 1. The SMILES string of the molecule is N#CCc1ccc(NC(=O)COC(=O)c2cccc(OCc3ccccc3)c2)cc1. The van der Waals surface area contributed by atoms with Gasteiger partial charge in [-0.2, -0.15) is 5.26 Å². The van der Waals surface area contributed by atoms with Gasteiger partial charge in [-0.1, -0.05) is 48.5 Å². The van der Waals surface area contributed by atoms with Crippen LogP contribution in [0, 0.1) is 11.3 Å². The normalized spacial score (nSPS) is 9.97. The van der Waals surface area contributed by atoms with E-state index >= 15 is 0 Å². The van der Waals surface area contributed by atoms with Gasteiger partial charge in [0.2, 0.25) is 0 Å². The van der Waals surface area contributed by atoms with Crippen LogP contribution in [0.2, 0.25) is 0 Å². The fourth-order valence-corrected chi connectivity index (χ4v) is 2.66. The molecule has 150 valence electrons. The van der Waals surface area contributed by atoms with Gasteiger partial charge in [0.25, 0.3) is 5.91 Å². The predicted octanol–water partition coefficient (Wildman–Crippen LogP) is 4.13. The van der Waals surface area contributed by atoms with E-state index in [4.69, 9.17) is 14.7 Å². The molecular weight excluding hydrogens is 380 g/mol. The Hall–Kier alpha value is -4.11. The summed E-state index contributed by atoms with van der Waals surface area (Å²) >= 11 is 0. The minimum Gasteiger partial charge on any atom is -0.489 e. The maximum absolute atomic E-state index is 12.3. The molecule has 0 radical (unpaired) electrons. The zero-order chi connectivity index (χ0) is 21.2. The minimum atomic E-state index is -0.611. The molecule has 3 aromatic rings. The molecule has 0 saturated carbocycles. The number of benzene rings is 3. The number of hydrogen-bond donors (Lipinski definition) is 1. The number of esters is 1. The molecule has 0 aromatic heterocycles. The van der Waals surface area contributed by atoms with Gasteiger partial charge in [0.1, 0.15) is 12.4 Å². The molecule has 0 aliphatic rings. The van der Waals surface area contributed by atoms with Crippen molar-refractivity contribution in [3.8, 4) is 11.8 Å². The van der Waals surface area contributed by atoms with Gasteiger partial charge in [0.05, 0.1) is 18.1 Å². The van der Waals surface area contributed by atoms with Crippen LogP contribution in [-0.4, -0.2) is 18.5 Å². The molecule has 0 aliphatic carbocycles. The van der Waals surface area contributed by atoms with Crippen LogP contribution in [0.1, 0.15) is 21.5 Å². The molecular formula is C24H20N2O4. The van der Waals surface area contributed by atoms with Gasteiger partial charge < -0.3 is 14.8 Å². The Morgan fingerprint density at radius 3 is 2.40 bits per heavy atom. The highest BCUT2D eigenvalue weighted by Crippen LogP contribution is 2.16. The summed E-state index contributed by atoms with van der Waals surface area (Å²) in [4.78, 5) is 24.3. The summed E-state index contributed by atoms with van der Waals surface area (Å²) < 4.78 is 10.8. The number of nitriles is 1. The van der Waals surface area contributed by atoms with Crippen molar-refractivity contribution in [2.24, 2.45) is 0 Å². The molecule has 1 N–H and O–H groups in total. The van der Waals surface area contributed by atoms with Crippen molar-refractivity contribution >= 4 is 17.6 Å². The summed E-state index contributed by atoms with van der Waals surface area (Å²) in [6.45, 7) is -0.0250. The van der Waals surface area contributed by atoms with Crippen LogP contribution in [0.25, 0.3) is 0 Å². The lowest BCUT2D eigenvalue weighted by Gasteiger charge is -2.09. The lowest BCUT2D eigenvalue weighted by atomic mass is 10.1. The summed E-state index contributed by atoms with van der Waals surface area (Å²) in [7, 11) is 0. The van der Waals surface area contributed by atoms with E-state index in [1.54, 1.807) is 48.5 Å². The molecule has 1 amide bonds. The highest BCUT2D eigenvalue weighted by Gasteiger charge is 2.11. The largest absolute Gasteiger partial charge is 0.489 e. The van der Waals surface area contributed by atoms with Crippen LogP contribution in [-0.2, 0) is 22.6 Å². The molecule has 0 unspecified atom stereocenters. The first-order valence-corrected chi connectivity index (χ1v) is 9.34. The van der Waals surface area contributed by atoms with Gasteiger partial charge in [-0.05, 0) is 41.5 Å². The number of rotatable bonds is 8. The third-order valence-electron chi connectivity index (χ3n) is 4.17. The zero-order valence-electron chi connectivity index (χ0n) is 16.2. The second kappa shape index (κ2) is 10.4. The molecule has 0 heterocycles. The van der Waals surface area contributed by atoms with Crippen molar-refractivity contribution in [1.82, 2.24) is 0 Å². The number of anilines is 1. The Bertz CT molecular complexity index is 1040. The van der Waals surface area contributed by atoms with Crippen molar-refractivity contribution in [2.75, 3.05) is 11.9 Å². The van der Waals surface area contributed by atoms with E-state index < -0.39 is 18.5 Å². The van der Waals surface area contributed by atoms with Crippen molar-refractivity contribution in [1.29, 1.82) is 5.26 Å². The van der Waals surface area contributed by atoms with Crippen molar-refractivity contribution in [3.05, 3.63) is 95.6 Å². The molecule has 0 atom stereocenters. The summed E-state index contributed by atoms with van der Waals surface area (Å²) in [5.41, 5.74) is 2.74. The van der Waals surface area contributed by atoms with E-state index in [0.29, 0.717) is 30.0 Å². The first-order valence-electron chi connectivity index (χ1n) is 9.34. The number of amides is 1. The zero-order valence-corrected chi connectivity index (χ0v) is 16.2. The van der Waals surface area contributed by atoms with E-state index in [9.17, 15) is 9.59 Å². The van der Waals surface area contributed by atoms with Crippen LogP contribution in [0.3, 0.4) is 0 Å². The summed E-state index contributed by atoms with van der Waals surface area (Å²) in [5, 5.41) is 11.3. The summed E-state index contributed by atoms with van der Waals surface area (Å²) in [6.07, 6.45) is 0.306. The average molecular weight is 400 g/mol. The Morgan fingerprint density at radius 1 is 0.900 bits per heavy atom. The van der Waals surface area contributed by atoms with Crippen molar-refractivity contribution < 1.29 is 19.1 Å². The molecule has 0 bridgehead atoms. The highest BCUT2D eigenvalue weighted by molar-refractivity contribution is 5.95. The van der Waals surface area contributed by atoms with Crippen LogP contribution in [0.4, 0.5) is 5.69 Å². The number of nitrogens with zero attached hydrogens (tertiary/aromatic N) is 1. The lowest BCUT2D eigenvalue weighted by Crippen LogP contribution is -2.20. The standard InChI is InChI=1S/C24H20N2O4/c25-14-13-18-9-11-21(12-10-18)26-23(27)17-30-24(28)20-7-4-8-22(15-20)29-16-19-5-2-1-3-6-19/h1-12,15H,13,16-17H2,(H,26,27). The average Bonchev–Trinajstić information content (AvgIpc) is 2.78. The number of carbonyl (C=O) groups is 2. The molecule has 0 fully saturated rings. The smallest absolute Gasteiger partial charge is 0.338 e. The number of carbonyl (C=O) groups excluding carboxylic acids is 2. The van der Waals surface area contributed by atoms with Crippen LogP contribution in [0.15, 0.2) is 78.9 Å². The Labute approximate surface area is 174 Å². The fraction of sp³-hybridized carbons (Fsp3) is 0.125. The second-order valence-electron chi connectivity index (χ2n) is 6.46. The Kier molecular flexibility index (Phi) is 7.17. The molecule has 6 nitrogen and oxygen atoms in total. The summed E-state index contributed by atoms with van der Waals surface area (Å²) in [6, 6.07) is 25.3. The first kappa shape index (κ1) is 20.6. The van der Waals surface area contributed by atoms with Crippen LogP contribution in [0.5, 0.6) is 5.75 Å². The van der Waals surface area contributed by atoms with Gasteiger partial charge in [-0.3, -0.25) is 4.79 Å². The lowest BCUT2D eigenvalue weighted by molar-refractivity contribution is -0.119. The van der Waals surface area contributed by atoms with Gasteiger partial charge in [-0.25, -0.2) is 4.79 Å². The molecule has 3 aromatic carbocycles. The molecule has 0 saturated heterocycles. The predicted molar refractivity (Wildman–Crippen MR) is 112 cm³/mol. The third-order valence-corrected chi connectivity index (χ3v) is 4.17. The first-order chi connectivity index (χ1) is 14.6. The molecule has 0 spiro atoms. The van der Waals surface area contributed by atoms with Crippen molar-refractivity contribution in [3.63, 3.8) is 0 Å². The van der Waals surface area contributed by atoms with E-state index in [1.165, 1.54) is 0 Å². The Balaban J connectivity index is 1.49. The van der Waals surface area contributed by atoms with E-state index in [1.807, 2.05) is 30.3 Å².